The van der Waals surface area contributed by atoms with Crippen molar-refractivity contribution in [2.24, 2.45) is 5.92 Å². The molecule has 1 unspecified atom stereocenters. The van der Waals surface area contributed by atoms with Crippen LogP contribution in [0.15, 0.2) is 18.2 Å². The Bertz CT molecular complexity index is 641. The van der Waals surface area contributed by atoms with Gasteiger partial charge in [-0.1, -0.05) is 0 Å². The van der Waals surface area contributed by atoms with Crippen LogP contribution in [0.5, 0.6) is 11.5 Å². The van der Waals surface area contributed by atoms with Crippen LogP contribution in [0.2, 0.25) is 0 Å². The Balaban J connectivity index is 1.93. The lowest BCUT2D eigenvalue weighted by atomic mass is 10.1. The first-order valence-electron chi connectivity index (χ1n) is 8.13. The summed E-state index contributed by atoms with van der Waals surface area (Å²) in [6.45, 7) is 6.97. The number of carbonyl (C=O) groups excluding carboxylic acids is 1. The summed E-state index contributed by atoms with van der Waals surface area (Å²) in [6, 6.07) is 4.22. The summed E-state index contributed by atoms with van der Waals surface area (Å²) < 4.78 is 16.3. The van der Waals surface area contributed by atoms with Crippen LogP contribution in [0.3, 0.4) is 0 Å². The van der Waals surface area contributed by atoms with Crippen molar-refractivity contribution in [1.29, 1.82) is 0 Å². The van der Waals surface area contributed by atoms with Gasteiger partial charge in [-0.2, -0.15) is 0 Å². The lowest BCUT2D eigenvalue weighted by Crippen LogP contribution is -2.35. The molecule has 0 radical (unpaired) electrons. The first-order chi connectivity index (χ1) is 11.7. The number of benzene rings is 1. The number of hydrogen-bond donors (Lipinski definition) is 0. The summed E-state index contributed by atoms with van der Waals surface area (Å²) >= 11 is 0. The number of nitro benzene ring substituents is 1. The van der Waals surface area contributed by atoms with E-state index in [1.54, 1.807) is 4.90 Å². The molecule has 0 aliphatic carbocycles. The molecule has 1 aliphatic heterocycles. The number of nitro groups is 1. The van der Waals surface area contributed by atoms with Gasteiger partial charge in [0.2, 0.25) is 0 Å². The fraction of sp³-hybridized carbons (Fsp3) is 0.588. The molecule has 1 fully saturated rings. The summed E-state index contributed by atoms with van der Waals surface area (Å²) in [5, 5.41) is 10.9. The van der Waals surface area contributed by atoms with E-state index in [4.69, 9.17) is 14.2 Å². The highest BCUT2D eigenvalue weighted by atomic mass is 16.6. The van der Waals surface area contributed by atoms with Crippen LogP contribution in [0.1, 0.15) is 27.2 Å². The molecule has 1 atom stereocenters. The van der Waals surface area contributed by atoms with Crippen LogP contribution in [0, 0.1) is 16.0 Å². The van der Waals surface area contributed by atoms with Crippen molar-refractivity contribution in [1.82, 2.24) is 4.90 Å². The highest BCUT2D eigenvalue weighted by molar-refractivity contribution is 5.68. The Kier molecular flexibility index (Phi) is 5.71. The Labute approximate surface area is 146 Å². The molecule has 2 rings (SSSR count). The maximum absolute atomic E-state index is 12.1. The minimum Gasteiger partial charge on any atom is -0.493 e. The molecule has 1 aliphatic rings. The van der Waals surface area contributed by atoms with Crippen molar-refractivity contribution in [3.05, 3.63) is 28.3 Å². The number of ether oxygens (including phenoxy) is 3. The molecule has 0 saturated carbocycles. The van der Waals surface area contributed by atoms with Gasteiger partial charge >= 0.3 is 6.09 Å². The number of non-ortho nitro benzene ring substituents is 1. The molecule has 8 nitrogen and oxygen atoms in total. The lowest BCUT2D eigenvalue weighted by molar-refractivity contribution is -0.385. The zero-order chi connectivity index (χ0) is 18.6. The standard InChI is InChI=1S/C17H24N2O6/c1-17(2,3)25-16(20)18-8-7-12(10-18)11-24-15-9-13(19(21)22)5-6-14(15)23-4/h5-6,9,12H,7-8,10-11H2,1-4H3. The molecule has 25 heavy (non-hydrogen) atoms. The Morgan fingerprint density at radius 1 is 1.36 bits per heavy atom. The highest BCUT2D eigenvalue weighted by Crippen LogP contribution is 2.32. The van der Waals surface area contributed by atoms with Gasteiger partial charge in [0, 0.05) is 25.1 Å². The van der Waals surface area contributed by atoms with Gasteiger partial charge < -0.3 is 19.1 Å². The van der Waals surface area contributed by atoms with E-state index in [0.29, 0.717) is 31.2 Å². The quantitative estimate of drug-likeness (QED) is 0.597. The number of methoxy groups -OCH3 is 1. The fourth-order valence-corrected chi connectivity index (χ4v) is 2.56. The Morgan fingerprint density at radius 2 is 2.08 bits per heavy atom. The maximum Gasteiger partial charge on any atom is 0.410 e. The molecule has 0 spiro atoms. The summed E-state index contributed by atoms with van der Waals surface area (Å²) in [5.74, 6) is 0.900. The number of rotatable bonds is 5. The second kappa shape index (κ2) is 7.58. The molecule has 1 amide bonds. The van der Waals surface area contributed by atoms with Crippen LogP contribution in [-0.4, -0.2) is 48.3 Å². The van der Waals surface area contributed by atoms with Gasteiger partial charge in [-0.3, -0.25) is 10.1 Å². The van der Waals surface area contributed by atoms with Crippen LogP contribution >= 0.6 is 0 Å². The van der Waals surface area contributed by atoms with Crippen LogP contribution in [0.4, 0.5) is 10.5 Å². The third-order valence-electron chi connectivity index (χ3n) is 3.77. The molecule has 1 saturated heterocycles. The third kappa shape index (κ3) is 5.23. The molecule has 0 bridgehead atoms. The van der Waals surface area contributed by atoms with Crippen molar-refractivity contribution >= 4 is 11.8 Å². The van der Waals surface area contributed by atoms with E-state index in [1.807, 2.05) is 20.8 Å². The lowest BCUT2D eigenvalue weighted by Gasteiger charge is -2.24. The smallest absolute Gasteiger partial charge is 0.410 e. The van der Waals surface area contributed by atoms with E-state index in [0.717, 1.165) is 6.42 Å². The van der Waals surface area contributed by atoms with E-state index in [9.17, 15) is 14.9 Å². The van der Waals surface area contributed by atoms with E-state index < -0.39 is 10.5 Å². The van der Waals surface area contributed by atoms with Gasteiger partial charge in [0.05, 0.1) is 24.7 Å². The van der Waals surface area contributed by atoms with Gasteiger partial charge in [-0.15, -0.1) is 0 Å². The van der Waals surface area contributed by atoms with Crippen molar-refractivity contribution < 1.29 is 23.9 Å². The predicted molar refractivity (Wildman–Crippen MR) is 91.1 cm³/mol. The van der Waals surface area contributed by atoms with Crippen LogP contribution in [0.25, 0.3) is 0 Å². The number of nitrogens with zero attached hydrogens (tertiary/aromatic N) is 2. The molecule has 1 heterocycles. The highest BCUT2D eigenvalue weighted by Gasteiger charge is 2.30. The predicted octanol–water partition coefficient (Wildman–Crippen LogP) is 3.24. The molecule has 138 valence electrons. The fourth-order valence-electron chi connectivity index (χ4n) is 2.56. The minimum absolute atomic E-state index is 0.0578. The SMILES string of the molecule is COc1ccc([N+](=O)[O-])cc1OCC1CCN(C(=O)OC(C)(C)C)C1. The molecular formula is C17H24N2O6. The second-order valence-corrected chi connectivity index (χ2v) is 6.98. The van der Waals surface area contributed by atoms with E-state index >= 15 is 0 Å². The third-order valence-corrected chi connectivity index (χ3v) is 3.77. The summed E-state index contributed by atoms with van der Waals surface area (Å²) in [5.41, 5.74) is -0.584. The number of amides is 1. The van der Waals surface area contributed by atoms with Gasteiger partial charge in [0.15, 0.2) is 11.5 Å². The zero-order valence-corrected chi connectivity index (χ0v) is 15.0. The molecule has 0 aromatic heterocycles. The Morgan fingerprint density at radius 3 is 2.68 bits per heavy atom. The van der Waals surface area contributed by atoms with Crippen molar-refractivity contribution in [2.45, 2.75) is 32.8 Å². The van der Waals surface area contributed by atoms with Crippen molar-refractivity contribution in [3.63, 3.8) is 0 Å². The summed E-state index contributed by atoms with van der Waals surface area (Å²) in [6.07, 6.45) is 0.458. The normalized spacial score (nSPS) is 17.3. The van der Waals surface area contributed by atoms with Gasteiger partial charge in [0.1, 0.15) is 5.60 Å². The molecular weight excluding hydrogens is 328 g/mol. The summed E-state index contributed by atoms with van der Waals surface area (Å²) in [4.78, 5) is 24.1. The minimum atomic E-state index is -0.526. The first kappa shape index (κ1) is 18.8. The van der Waals surface area contributed by atoms with Gasteiger partial charge in [-0.25, -0.2) is 4.79 Å². The average Bonchev–Trinajstić information content (AvgIpc) is 3.00. The average molecular weight is 352 g/mol. The van der Waals surface area contributed by atoms with E-state index in [1.165, 1.54) is 25.3 Å². The summed E-state index contributed by atoms with van der Waals surface area (Å²) in [7, 11) is 1.48. The molecule has 8 heteroatoms. The molecule has 0 N–H and O–H groups in total. The van der Waals surface area contributed by atoms with Crippen molar-refractivity contribution in [2.75, 3.05) is 26.8 Å². The van der Waals surface area contributed by atoms with E-state index in [-0.39, 0.29) is 17.7 Å². The van der Waals surface area contributed by atoms with Crippen LogP contribution < -0.4 is 9.47 Å². The Hall–Kier alpha value is -2.51. The number of carbonyl (C=O) groups is 1. The zero-order valence-electron chi connectivity index (χ0n) is 15.0. The molecule has 1 aromatic carbocycles. The largest absolute Gasteiger partial charge is 0.493 e. The maximum atomic E-state index is 12.1. The van der Waals surface area contributed by atoms with E-state index in [2.05, 4.69) is 0 Å². The number of likely N-dealkylation sites (tertiary alicyclic amines) is 1. The van der Waals surface area contributed by atoms with Crippen molar-refractivity contribution in [3.8, 4) is 11.5 Å². The monoisotopic (exact) mass is 352 g/mol. The van der Waals surface area contributed by atoms with Gasteiger partial charge in [0.25, 0.3) is 5.69 Å². The second-order valence-electron chi connectivity index (χ2n) is 6.98. The number of hydrogen-bond acceptors (Lipinski definition) is 6. The molecule has 1 aromatic rings. The topological polar surface area (TPSA) is 91.1 Å². The first-order valence-corrected chi connectivity index (χ1v) is 8.13. The van der Waals surface area contributed by atoms with Gasteiger partial charge in [-0.05, 0) is 33.3 Å². The van der Waals surface area contributed by atoms with Crippen LogP contribution in [-0.2, 0) is 4.74 Å².